The van der Waals surface area contributed by atoms with Crippen LogP contribution in [0.25, 0.3) is 10.7 Å². The van der Waals surface area contributed by atoms with Gasteiger partial charge in [0.05, 0.1) is 29.9 Å². The van der Waals surface area contributed by atoms with Crippen LogP contribution in [-0.2, 0) is 4.74 Å². The van der Waals surface area contributed by atoms with Crippen LogP contribution in [0.4, 0.5) is 16.3 Å². The molecule has 10 heteroatoms. The molecule has 9 nitrogen and oxygen atoms in total. The molecule has 32 heavy (non-hydrogen) atoms. The largest absolute Gasteiger partial charge is 0.450 e. The van der Waals surface area contributed by atoms with Crippen LogP contribution in [0, 0.1) is 6.92 Å². The van der Waals surface area contributed by atoms with Crippen molar-refractivity contribution < 1.29 is 14.3 Å². The van der Waals surface area contributed by atoms with Gasteiger partial charge in [-0.15, -0.1) is 11.3 Å². The van der Waals surface area contributed by atoms with E-state index >= 15 is 0 Å². The molecule has 3 aromatic heterocycles. The van der Waals surface area contributed by atoms with E-state index in [1.165, 1.54) is 11.3 Å². The first-order valence-corrected chi connectivity index (χ1v) is 11.2. The number of nitrogens with zero attached hydrogens (tertiary/aromatic N) is 4. The lowest BCUT2D eigenvalue weighted by molar-refractivity contribution is 0.102. The van der Waals surface area contributed by atoms with Gasteiger partial charge in [0.25, 0.3) is 5.91 Å². The van der Waals surface area contributed by atoms with Crippen molar-refractivity contribution in [2.75, 3.05) is 30.3 Å². The van der Waals surface area contributed by atoms with Gasteiger partial charge in [-0.3, -0.25) is 9.78 Å². The summed E-state index contributed by atoms with van der Waals surface area (Å²) in [5.41, 5.74) is 1.99. The first-order chi connectivity index (χ1) is 15.5. The van der Waals surface area contributed by atoms with Crippen molar-refractivity contribution in [3.8, 4) is 10.7 Å². The summed E-state index contributed by atoms with van der Waals surface area (Å²) in [6.07, 6.45) is 3.84. The SMILES string of the molecule is CCOC(=O)N1CC[C@H](Nc2ccc(NC(=O)c3sc(-c4ccccn4)nc3C)cn2)C1. The van der Waals surface area contributed by atoms with Crippen LogP contribution in [0.1, 0.15) is 28.7 Å². The lowest BCUT2D eigenvalue weighted by atomic mass is 10.2. The molecule has 166 valence electrons. The molecule has 2 N–H and O–H groups in total. The first kappa shape index (κ1) is 21.7. The number of thiazole rings is 1. The minimum absolute atomic E-state index is 0.109. The predicted molar refractivity (Wildman–Crippen MR) is 123 cm³/mol. The molecule has 0 spiro atoms. The van der Waals surface area contributed by atoms with Gasteiger partial charge in [0.2, 0.25) is 0 Å². The third kappa shape index (κ3) is 5.02. The number of hydrogen-bond acceptors (Lipinski definition) is 8. The van der Waals surface area contributed by atoms with Gasteiger partial charge in [-0.1, -0.05) is 6.07 Å². The maximum atomic E-state index is 12.7. The van der Waals surface area contributed by atoms with Crippen molar-refractivity contribution in [1.29, 1.82) is 0 Å². The van der Waals surface area contributed by atoms with Gasteiger partial charge in [-0.25, -0.2) is 14.8 Å². The number of nitrogens with one attached hydrogen (secondary N) is 2. The Morgan fingerprint density at radius 1 is 1.25 bits per heavy atom. The highest BCUT2D eigenvalue weighted by atomic mass is 32.1. The van der Waals surface area contributed by atoms with E-state index in [0.29, 0.717) is 46.8 Å². The fourth-order valence-corrected chi connectivity index (χ4v) is 4.35. The Morgan fingerprint density at radius 3 is 2.84 bits per heavy atom. The van der Waals surface area contributed by atoms with Crippen LogP contribution < -0.4 is 10.6 Å². The van der Waals surface area contributed by atoms with E-state index < -0.39 is 0 Å². The van der Waals surface area contributed by atoms with Crippen LogP contribution in [0.15, 0.2) is 42.7 Å². The Hall–Kier alpha value is -3.53. The standard InChI is InChI=1S/C22H24N6O3S/c1-3-31-22(30)28-11-9-16(13-28)26-18-8-7-15(12-24-18)27-20(29)19-14(2)25-21(32-19)17-6-4-5-10-23-17/h4-8,10,12,16H,3,9,11,13H2,1-2H3,(H,24,26)(H,27,29)/t16-/m0/s1. The number of carbonyl (C=O) groups is 2. The number of aromatic nitrogens is 3. The van der Waals surface area contributed by atoms with Gasteiger partial charge in [0, 0.05) is 25.3 Å². The second-order valence-corrected chi connectivity index (χ2v) is 8.31. The molecule has 0 saturated carbocycles. The van der Waals surface area contributed by atoms with Gasteiger partial charge in [0.15, 0.2) is 0 Å². The zero-order valence-electron chi connectivity index (χ0n) is 17.9. The van der Waals surface area contributed by atoms with E-state index in [9.17, 15) is 9.59 Å². The highest BCUT2D eigenvalue weighted by Crippen LogP contribution is 2.27. The van der Waals surface area contributed by atoms with E-state index in [4.69, 9.17) is 4.74 Å². The average molecular weight is 453 g/mol. The average Bonchev–Trinajstić information content (AvgIpc) is 3.43. The molecule has 4 rings (SSSR count). The maximum absolute atomic E-state index is 12.7. The zero-order chi connectivity index (χ0) is 22.5. The van der Waals surface area contributed by atoms with Crippen molar-refractivity contribution >= 4 is 34.8 Å². The molecular weight excluding hydrogens is 428 g/mol. The molecule has 0 aliphatic carbocycles. The van der Waals surface area contributed by atoms with E-state index in [-0.39, 0.29) is 18.0 Å². The molecule has 2 amide bonds. The van der Waals surface area contributed by atoms with Crippen LogP contribution in [0.5, 0.6) is 0 Å². The minimum atomic E-state index is -0.285. The number of ether oxygens (including phenoxy) is 1. The number of aryl methyl sites for hydroxylation is 1. The quantitative estimate of drug-likeness (QED) is 0.585. The molecule has 0 radical (unpaired) electrons. The first-order valence-electron chi connectivity index (χ1n) is 10.4. The number of amides is 2. The molecule has 0 unspecified atom stereocenters. The minimum Gasteiger partial charge on any atom is -0.450 e. The van der Waals surface area contributed by atoms with Crippen LogP contribution in [0.3, 0.4) is 0 Å². The van der Waals surface area contributed by atoms with E-state index in [2.05, 4.69) is 25.6 Å². The second-order valence-electron chi connectivity index (χ2n) is 7.31. The molecule has 1 fully saturated rings. The third-order valence-corrected chi connectivity index (χ3v) is 6.15. The van der Waals surface area contributed by atoms with Gasteiger partial charge in [-0.2, -0.15) is 0 Å². The number of anilines is 2. The predicted octanol–water partition coefficient (Wildman–Crippen LogP) is 3.80. The monoisotopic (exact) mass is 452 g/mol. The fraction of sp³-hybridized carbons (Fsp3) is 0.318. The molecule has 0 bridgehead atoms. The summed E-state index contributed by atoms with van der Waals surface area (Å²) >= 11 is 1.31. The van der Waals surface area contributed by atoms with Crippen molar-refractivity contribution in [1.82, 2.24) is 19.9 Å². The van der Waals surface area contributed by atoms with Crippen molar-refractivity contribution in [3.63, 3.8) is 0 Å². The molecule has 1 aliphatic heterocycles. The molecule has 1 aliphatic rings. The highest BCUT2D eigenvalue weighted by molar-refractivity contribution is 7.17. The summed E-state index contributed by atoms with van der Waals surface area (Å²) in [6.45, 7) is 5.20. The molecule has 1 atom stereocenters. The Balaban J connectivity index is 1.35. The number of pyridine rings is 2. The maximum Gasteiger partial charge on any atom is 0.409 e. The van der Waals surface area contributed by atoms with E-state index in [1.54, 1.807) is 30.3 Å². The number of hydrogen-bond donors (Lipinski definition) is 2. The summed E-state index contributed by atoms with van der Waals surface area (Å²) < 4.78 is 5.04. The summed E-state index contributed by atoms with van der Waals surface area (Å²) in [7, 11) is 0. The lowest BCUT2D eigenvalue weighted by Gasteiger charge is -2.16. The third-order valence-electron chi connectivity index (χ3n) is 4.97. The van der Waals surface area contributed by atoms with Gasteiger partial charge in [-0.05, 0) is 44.5 Å². The van der Waals surface area contributed by atoms with Gasteiger partial charge < -0.3 is 20.3 Å². The molecular formula is C22H24N6O3S. The van der Waals surface area contributed by atoms with E-state index in [1.807, 2.05) is 31.2 Å². The Bertz CT molecular complexity index is 1090. The molecule has 4 heterocycles. The fourth-order valence-electron chi connectivity index (χ4n) is 3.41. The lowest BCUT2D eigenvalue weighted by Crippen LogP contribution is -2.32. The smallest absolute Gasteiger partial charge is 0.409 e. The normalized spacial score (nSPS) is 15.4. The van der Waals surface area contributed by atoms with Crippen LogP contribution in [-0.4, -0.2) is 57.6 Å². The summed E-state index contributed by atoms with van der Waals surface area (Å²) in [6, 6.07) is 9.30. The number of rotatable bonds is 6. The second kappa shape index (κ2) is 9.73. The summed E-state index contributed by atoms with van der Waals surface area (Å²) in [5, 5.41) is 6.90. The molecule has 1 saturated heterocycles. The van der Waals surface area contributed by atoms with Crippen molar-refractivity contribution in [3.05, 3.63) is 53.3 Å². The van der Waals surface area contributed by atoms with Crippen molar-refractivity contribution in [2.45, 2.75) is 26.3 Å². The Morgan fingerprint density at radius 2 is 2.12 bits per heavy atom. The van der Waals surface area contributed by atoms with Gasteiger partial charge >= 0.3 is 6.09 Å². The topological polar surface area (TPSA) is 109 Å². The molecule has 3 aromatic rings. The number of carbonyl (C=O) groups excluding carboxylic acids is 2. The van der Waals surface area contributed by atoms with E-state index in [0.717, 1.165) is 12.1 Å². The summed E-state index contributed by atoms with van der Waals surface area (Å²) in [5.74, 6) is 0.454. The highest BCUT2D eigenvalue weighted by Gasteiger charge is 2.27. The zero-order valence-corrected chi connectivity index (χ0v) is 18.7. The van der Waals surface area contributed by atoms with Crippen LogP contribution >= 0.6 is 11.3 Å². The van der Waals surface area contributed by atoms with Crippen molar-refractivity contribution in [2.24, 2.45) is 0 Å². The Kier molecular flexibility index (Phi) is 6.60. The molecule has 0 aromatic carbocycles. The van der Waals surface area contributed by atoms with Gasteiger partial charge in [0.1, 0.15) is 15.7 Å². The number of likely N-dealkylation sites (tertiary alicyclic amines) is 1. The van der Waals surface area contributed by atoms with Crippen LogP contribution in [0.2, 0.25) is 0 Å². The summed E-state index contributed by atoms with van der Waals surface area (Å²) in [4.78, 5) is 40.0. The Labute approximate surface area is 189 Å².